The van der Waals surface area contributed by atoms with Gasteiger partial charge in [0.15, 0.2) is 0 Å². The van der Waals surface area contributed by atoms with E-state index >= 15 is 0 Å². The third-order valence-corrected chi connectivity index (χ3v) is 6.17. The summed E-state index contributed by atoms with van der Waals surface area (Å²) >= 11 is 7.38. The molecule has 1 unspecified atom stereocenters. The number of nitrogens with zero attached hydrogens (tertiary/aromatic N) is 1. The first-order valence-electron chi connectivity index (χ1n) is 7.98. The van der Waals surface area contributed by atoms with E-state index in [0.717, 1.165) is 23.8 Å². The Bertz CT molecular complexity index is 950. The van der Waals surface area contributed by atoms with Crippen LogP contribution in [0.2, 0.25) is 5.02 Å². The number of fused-ring (bicyclic) bond motifs is 3. The molecule has 9 heteroatoms. The predicted octanol–water partition coefficient (Wildman–Crippen LogP) is 4.57. The summed E-state index contributed by atoms with van der Waals surface area (Å²) in [6.45, 7) is 0. The fourth-order valence-electron chi connectivity index (χ4n) is 3.25. The molecule has 0 saturated carbocycles. The third-order valence-electron chi connectivity index (χ3n) is 4.55. The van der Waals surface area contributed by atoms with Crippen LogP contribution in [0.4, 0.5) is 18.9 Å². The third kappa shape index (κ3) is 3.06. The summed E-state index contributed by atoms with van der Waals surface area (Å²) in [6.07, 6.45) is -4.52. The Balaban J connectivity index is 1.55. The van der Waals surface area contributed by atoms with E-state index in [2.05, 4.69) is 5.32 Å². The first kappa shape index (κ1) is 18.2. The van der Waals surface area contributed by atoms with Gasteiger partial charge in [-0.2, -0.15) is 13.2 Å². The largest absolute Gasteiger partial charge is 0.416 e. The number of carbonyl (C=O) groups excluding carboxylic acids is 2. The highest BCUT2D eigenvalue weighted by atomic mass is 35.5. The van der Waals surface area contributed by atoms with Crippen molar-refractivity contribution >= 4 is 40.9 Å². The van der Waals surface area contributed by atoms with Crippen LogP contribution in [0, 0.1) is 0 Å². The van der Waals surface area contributed by atoms with Crippen LogP contribution in [0.5, 0.6) is 0 Å². The minimum Gasteiger partial charge on any atom is -0.323 e. The molecular formula is C18H12ClF3N2O2S. The minimum absolute atomic E-state index is 0.0762. The van der Waals surface area contributed by atoms with Gasteiger partial charge in [-0.1, -0.05) is 29.8 Å². The van der Waals surface area contributed by atoms with E-state index in [9.17, 15) is 22.8 Å². The number of benzene rings is 2. The molecule has 140 valence electrons. The predicted molar refractivity (Wildman–Crippen MR) is 96.7 cm³/mol. The molecule has 27 heavy (non-hydrogen) atoms. The Hall–Kier alpha value is -2.19. The Kier molecular flexibility index (Phi) is 4.35. The summed E-state index contributed by atoms with van der Waals surface area (Å²) in [5.41, 5.74) is 0.620. The number of alkyl halides is 3. The lowest BCUT2D eigenvalue weighted by molar-refractivity contribution is -0.137. The topological polar surface area (TPSA) is 49.4 Å². The van der Waals surface area contributed by atoms with Gasteiger partial charge in [-0.15, -0.1) is 11.8 Å². The number of nitrogens with one attached hydrogen (secondary N) is 1. The van der Waals surface area contributed by atoms with E-state index in [1.54, 1.807) is 12.1 Å². The first-order chi connectivity index (χ1) is 12.8. The molecule has 2 aliphatic rings. The molecule has 0 radical (unpaired) electrons. The van der Waals surface area contributed by atoms with Gasteiger partial charge in [0.25, 0.3) is 5.91 Å². The molecule has 4 rings (SSSR count). The van der Waals surface area contributed by atoms with Crippen LogP contribution in [0.3, 0.4) is 0 Å². The first-order valence-corrected chi connectivity index (χ1v) is 9.41. The van der Waals surface area contributed by atoms with Crippen LogP contribution in [0.1, 0.15) is 26.9 Å². The van der Waals surface area contributed by atoms with Crippen LogP contribution in [0.25, 0.3) is 0 Å². The summed E-state index contributed by atoms with van der Waals surface area (Å²) in [7, 11) is 0. The molecule has 0 aromatic heterocycles. The molecule has 2 aromatic rings. The molecule has 1 saturated heterocycles. The Labute approximate surface area is 161 Å². The molecule has 4 nitrogen and oxygen atoms in total. The van der Waals surface area contributed by atoms with Gasteiger partial charge in [0.1, 0.15) is 11.4 Å². The monoisotopic (exact) mass is 412 g/mol. The second-order valence-corrected chi connectivity index (χ2v) is 7.70. The maximum Gasteiger partial charge on any atom is 0.416 e. The molecule has 2 heterocycles. The number of anilines is 1. The average molecular weight is 413 g/mol. The summed E-state index contributed by atoms with van der Waals surface area (Å²) < 4.78 is 38.2. The van der Waals surface area contributed by atoms with Crippen LogP contribution in [-0.2, 0) is 11.0 Å². The summed E-state index contributed by atoms with van der Waals surface area (Å²) in [4.78, 5) is 26.9. The molecule has 1 fully saturated rings. The van der Waals surface area contributed by atoms with E-state index in [0.29, 0.717) is 11.3 Å². The van der Waals surface area contributed by atoms with Crippen molar-refractivity contribution in [2.75, 3.05) is 11.1 Å². The van der Waals surface area contributed by atoms with Crippen molar-refractivity contribution in [3.8, 4) is 0 Å². The van der Waals surface area contributed by atoms with Gasteiger partial charge in [-0.05, 0) is 29.8 Å². The highest BCUT2D eigenvalue weighted by molar-refractivity contribution is 7.99. The Morgan fingerprint density at radius 3 is 2.67 bits per heavy atom. The van der Waals surface area contributed by atoms with Crippen molar-refractivity contribution in [2.45, 2.75) is 17.6 Å². The van der Waals surface area contributed by atoms with Gasteiger partial charge in [0, 0.05) is 11.3 Å². The fourth-order valence-corrected chi connectivity index (χ4v) is 4.94. The van der Waals surface area contributed by atoms with E-state index in [1.807, 2.05) is 12.1 Å². The Morgan fingerprint density at radius 1 is 1.22 bits per heavy atom. The van der Waals surface area contributed by atoms with Gasteiger partial charge in [-0.3, -0.25) is 9.59 Å². The number of rotatable bonds is 2. The zero-order chi connectivity index (χ0) is 19.3. The molecule has 2 atom stereocenters. The van der Waals surface area contributed by atoms with Gasteiger partial charge >= 0.3 is 6.18 Å². The number of hydrogen-bond acceptors (Lipinski definition) is 3. The SMILES string of the molecule is O=C(Nc1ccc(C(F)(F)F)cc1Cl)[C@@H]1CSC2c3ccccc3C(=O)N21. The number of amides is 2. The molecule has 0 spiro atoms. The van der Waals surface area contributed by atoms with E-state index in [1.165, 1.54) is 16.7 Å². The number of thioether (sulfide) groups is 1. The zero-order valence-electron chi connectivity index (χ0n) is 13.6. The second-order valence-electron chi connectivity index (χ2n) is 6.18. The summed E-state index contributed by atoms with van der Waals surface area (Å²) in [5.74, 6) is -0.304. The van der Waals surface area contributed by atoms with Crippen LogP contribution < -0.4 is 5.32 Å². The van der Waals surface area contributed by atoms with Crippen molar-refractivity contribution < 1.29 is 22.8 Å². The zero-order valence-corrected chi connectivity index (χ0v) is 15.2. The second kappa shape index (κ2) is 6.45. The molecule has 0 bridgehead atoms. The van der Waals surface area contributed by atoms with Crippen LogP contribution in [-0.4, -0.2) is 28.5 Å². The van der Waals surface area contributed by atoms with Crippen molar-refractivity contribution in [3.63, 3.8) is 0 Å². The van der Waals surface area contributed by atoms with Gasteiger partial charge in [-0.25, -0.2) is 0 Å². The molecular weight excluding hydrogens is 401 g/mol. The summed E-state index contributed by atoms with van der Waals surface area (Å²) in [5, 5.41) is 2.10. The van der Waals surface area contributed by atoms with E-state index in [-0.39, 0.29) is 22.0 Å². The van der Waals surface area contributed by atoms with Crippen LogP contribution >= 0.6 is 23.4 Å². The van der Waals surface area contributed by atoms with Crippen molar-refractivity contribution in [3.05, 3.63) is 64.2 Å². The smallest absolute Gasteiger partial charge is 0.323 e. The normalized spacial score (nSPS) is 21.2. The lowest BCUT2D eigenvalue weighted by Gasteiger charge is -2.23. The average Bonchev–Trinajstić information content (AvgIpc) is 3.17. The highest BCUT2D eigenvalue weighted by Crippen LogP contribution is 2.48. The van der Waals surface area contributed by atoms with Gasteiger partial charge in [0.05, 0.1) is 16.3 Å². The molecule has 2 amide bonds. The van der Waals surface area contributed by atoms with Crippen molar-refractivity contribution in [1.29, 1.82) is 0 Å². The van der Waals surface area contributed by atoms with Crippen LogP contribution in [0.15, 0.2) is 42.5 Å². The molecule has 2 aromatic carbocycles. The van der Waals surface area contributed by atoms with Crippen molar-refractivity contribution in [2.24, 2.45) is 0 Å². The number of carbonyl (C=O) groups is 2. The van der Waals surface area contributed by atoms with E-state index in [4.69, 9.17) is 11.6 Å². The van der Waals surface area contributed by atoms with E-state index < -0.39 is 23.7 Å². The molecule has 1 N–H and O–H groups in total. The quantitative estimate of drug-likeness (QED) is 0.786. The standard InChI is InChI=1S/C18H12ClF3N2O2S/c19-12-7-9(18(20,21)22)5-6-13(12)23-15(25)14-8-27-17-11-4-2-1-3-10(11)16(26)24(14)17/h1-7,14,17H,8H2,(H,23,25)/t14-,17?/m0/s1. The van der Waals surface area contributed by atoms with Gasteiger partial charge in [0.2, 0.25) is 5.91 Å². The van der Waals surface area contributed by atoms with Gasteiger partial charge < -0.3 is 10.2 Å². The Morgan fingerprint density at radius 2 is 1.96 bits per heavy atom. The maximum atomic E-state index is 12.7. The molecule has 2 aliphatic heterocycles. The fraction of sp³-hybridized carbons (Fsp3) is 0.222. The highest BCUT2D eigenvalue weighted by Gasteiger charge is 2.48. The summed E-state index contributed by atoms with van der Waals surface area (Å²) in [6, 6.07) is 9.19. The number of hydrogen-bond donors (Lipinski definition) is 1. The molecule has 0 aliphatic carbocycles. The lowest BCUT2D eigenvalue weighted by atomic mass is 10.1. The lowest BCUT2D eigenvalue weighted by Crippen LogP contribution is -2.42. The maximum absolute atomic E-state index is 12.7. The number of halogens is 4. The van der Waals surface area contributed by atoms with Crippen molar-refractivity contribution in [1.82, 2.24) is 4.90 Å². The minimum atomic E-state index is -4.52.